The van der Waals surface area contributed by atoms with Gasteiger partial charge in [-0.2, -0.15) is 0 Å². The second kappa shape index (κ2) is 13.5. The highest BCUT2D eigenvalue weighted by atomic mass is 16.3. The third kappa shape index (κ3) is 5.42. The highest BCUT2D eigenvalue weighted by molar-refractivity contribution is 7.00. The normalized spacial score (nSPS) is 13.1. The van der Waals surface area contributed by atoms with Crippen LogP contribution in [0, 0.1) is 13.8 Å². The number of hydrogen-bond acceptors (Lipinski definition) is 4. The largest absolute Gasteiger partial charge is 0.454 e. The van der Waals surface area contributed by atoms with E-state index in [1.165, 1.54) is 50.1 Å². The van der Waals surface area contributed by atoms with Crippen molar-refractivity contribution in [3.63, 3.8) is 0 Å². The highest BCUT2D eigenvalue weighted by Crippen LogP contribution is 2.48. The molecule has 0 fully saturated rings. The summed E-state index contributed by atoms with van der Waals surface area (Å²) in [4.78, 5) is 7.35. The van der Waals surface area contributed by atoms with Crippen LogP contribution < -0.4 is 31.1 Å². The molecule has 0 spiro atoms. The second-order valence-corrected chi connectivity index (χ2v) is 18.0. The van der Waals surface area contributed by atoms with Gasteiger partial charge in [0, 0.05) is 62.3 Å². The van der Waals surface area contributed by atoms with Crippen molar-refractivity contribution in [1.82, 2.24) is 4.40 Å². The third-order valence-corrected chi connectivity index (χ3v) is 13.0. The van der Waals surface area contributed by atoms with Crippen molar-refractivity contribution in [2.45, 2.75) is 40.0 Å². The summed E-state index contributed by atoms with van der Waals surface area (Å²) in [6.07, 6.45) is 2.31. The first kappa shape index (κ1) is 36.4. The van der Waals surface area contributed by atoms with Crippen molar-refractivity contribution < 1.29 is 4.42 Å². The minimum atomic E-state index is -0.0435. The summed E-state index contributed by atoms with van der Waals surface area (Å²) < 4.78 is 9.30. The Bertz CT molecular complexity index is 3340. The molecule has 0 saturated heterocycles. The zero-order valence-electron chi connectivity index (χ0n) is 35.6. The van der Waals surface area contributed by atoms with Crippen LogP contribution in [0.4, 0.5) is 51.3 Å². The molecule has 0 saturated carbocycles. The average Bonchev–Trinajstić information content (AvgIpc) is 3.86. The van der Waals surface area contributed by atoms with Gasteiger partial charge >= 0.3 is 0 Å². The molecular weight excluding hydrogens is 755 g/mol. The Labute approximate surface area is 362 Å². The van der Waals surface area contributed by atoms with Crippen LogP contribution in [0.5, 0.6) is 0 Å². The number of fused-ring (bicyclic) bond motifs is 9. The van der Waals surface area contributed by atoms with Gasteiger partial charge in [-0.1, -0.05) is 118 Å². The highest BCUT2D eigenvalue weighted by Gasteiger charge is 2.45. The summed E-state index contributed by atoms with van der Waals surface area (Å²) in [6.45, 7) is 11.2. The first-order valence-electron chi connectivity index (χ1n) is 21.6. The predicted octanol–water partition coefficient (Wildman–Crippen LogP) is 13.3. The van der Waals surface area contributed by atoms with Crippen LogP contribution in [0.1, 0.15) is 37.5 Å². The van der Waals surface area contributed by atoms with E-state index in [2.05, 4.69) is 236 Å². The number of aromatic nitrogens is 1. The summed E-state index contributed by atoms with van der Waals surface area (Å²) >= 11 is 0. The number of rotatable bonds is 5. The van der Waals surface area contributed by atoms with E-state index in [4.69, 9.17) is 4.42 Å². The Morgan fingerprint density at radius 1 is 0.532 bits per heavy atom. The van der Waals surface area contributed by atoms with Gasteiger partial charge in [-0.25, -0.2) is 0 Å². The molecule has 0 amide bonds. The molecule has 3 aromatic heterocycles. The summed E-state index contributed by atoms with van der Waals surface area (Å²) in [5.74, 6) is 1.18. The van der Waals surface area contributed by atoms with E-state index in [-0.39, 0.29) is 12.1 Å². The zero-order valence-corrected chi connectivity index (χ0v) is 35.6. The molecule has 0 N–H and O–H groups in total. The van der Waals surface area contributed by atoms with E-state index in [1.807, 2.05) is 0 Å². The van der Waals surface area contributed by atoms with Gasteiger partial charge in [0.25, 0.3) is 6.71 Å². The monoisotopic (exact) mass is 800 g/mol. The SMILES string of the molecule is Cc1cc(C)c2cc3c(n2c1)N(c1ccc(C(C)(C)C)cc1)c1cccc2c1B3c1ccc(N(c3ccccc3)c3ccccc3)cc1N2c1cccc2c1oc1ccccc12. The molecule has 0 aliphatic carbocycles. The van der Waals surface area contributed by atoms with Crippen LogP contribution in [0.25, 0.3) is 27.5 Å². The molecular formula is C56H45BN4O. The van der Waals surface area contributed by atoms with E-state index >= 15 is 0 Å². The van der Waals surface area contributed by atoms with Crippen LogP contribution in [0.3, 0.4) is 0 Å². The molecule has 2 aliphatic rings. The standard InChI is InChI=1S/C56H45BN4O/c1-36-32-37(2)50-34-46-55(58(50)35-36)60(41-28-26-38(27-29-41)56(3,4)5)47-22-15-23-48-53(47)57(46)45-31-30-42(59(39-16-8-6-9-17-39)40-18-10-7-11-19-40)33-51(45)61(48)49-24-14-21-44-43-20-12-13-25-52(43)62-54(44)49/h6-35H,1-5H3. The molecule has 2 aliphatic heterocycles. The lowest BCUT2D eigenvalue weighted by Gasteiger charge is -2.43. The molecule has 6 heteroatoms. The van der Waals surface area contributed by atoms with Gasteiger partial charge in [0.2, 0.25) is 0 Å². The lowest BCUT2D eigenvalue weighted by atomic mass is 9.34. The van der Waals surface area contributed by atoms with Crippen LogP contribution in [0.2, 0.25) is 0 Å². The minimum Gasteiger partial charge on any atom is -0.454 e. The number of pyridine rings is 1. The fraction of sp³-hybridized carbons (Fsp3) is 0.107. The van der Waals surface area contributed by atoms with Gasteiger partial charge in [-0.15, -0.1) is 0 Å². The number of benzene rings is 7. The van der Waals surface area contributed by atoms with E-state index in [1.54, 1.807) is 0 Å². The van der Waals surface area contributed by atoms with E-state index in [9.17, 15) is 0 Å². The van der Waals surface area contributed by atoms with E-state index in [0.29, 0.717) is 0 Å². The Balaban J connectivity index is 1.18. The number of furan rings is 1. The lowest BCUT2D eigenvalue weighted by molar-refractivity contribution is 0.590. The van der Waals surface area contributed by atoms with Crippen LogP contribution in [-0.4, -0.2) is 11.1 Å². The molecule has 0 radical (unpaired) electrons. The van der Waals surface area contributed by atoms with Gasteiger partial charge < -0.3 is 18.6 Å². The zero-order chi connectivity index (χ0) is 41.9. The Morgan fingerprint density at radius 2 is 1.18 bits per heavy atom. The maximum absolute atomic E-state index is 6.86. The molecule has 12 rings (SSSR count). The molecule has 5 nitrogen and oxygen atoms in total. The Morgan fingerprint density at radius 3 is 1.90 bits per heavy atom. The lowest BCUT2D eigenvalue weighted by Crippen LogP contribution is -2.61. The summed E-state index contributed by atoms with van der Waals surface area (Å²) in [6, 6.07) is 64.3. The van der Waals surface area contributed by atoms with Crippen LogP contribution >= 0.6 is 0 Å². The molecule has 0 unspecified atom stereocenters. The maximum Gasteiger partial charge on any atom is 0.254 e. The van der Waals surface area contributed by atoms with Crippen LogP contribution in [0.15, 0.2) is 187 Å². The average molecular weight is 801 g/mol. The van der Waals surface area contributed by atoms with Crippen molar-refractivity contribution in [2.24, 2.45) is 0 Å². The van der Waals surface area contributed by atoms with Crippen molar-refractivity contribution in [3.8, 4) is 0 Å². The number of aryl methyl sites for hydroxylation is 2. The van der Waals surface area contributed by atoms with Gasteiger partial charge in [0.15, 0.2) is 5.58 Å². The van der Waals surface area contributed by atoms with Gasteiger partial charge in [-0.05, 0) is 131 Å². The fourth-order valence-corrected chi connectivity index (χ4v) is 10.3. The number of anilines is 9. The molecule has 0 bridgehead atoms. The second-order valence-electron chi connectivity index (χ2n) is 18.0. The number of nitrogens with zero attached hydrogens (tertiary/aromatic N) is 4. The molecule has 298 valence electrons. The summed E-state index contributed by atoms with van der Waals surface area (Å²) in [7, 11) is 0. The van der Waals surface area contributed by atoms with Gasteiger partial charge in [-0.3, -0.25) is 4.90 Å². The van der Waals surface area contributed by atoms with Crippen LogP contribution in [-0.2, 0) is 5.41 Å². The molecule has 7 aromatic carbocycles. The number of para-hydroxylation sites is 4. The summed E-state index contributed by atoms with van der Waals surface area (Å²) in [5, 5.41) is 2.22. The minimum absolute atomic E-state index is 0.0376. The number of hydrogen-bond donors (Lipinski definition) is 0. The predicted molar refractivity (Wildman–Crippen MR) is 262 cm³/mol. The van der Waals surface area contributed by atoms with Gasteiger partial charge in [0.05, 0.1) is 5.69 Å². The molecule has 0 atom stereocenters. The fourth-order valence-electron chi connectivity index (χ4n) is 10.3. The van der Waals surface area contributed by atoms with E-state index in [0.717, 1.165) is 61.8 Å². The first-order chi connectivity index (χ1) is 30.2. The quantitative estimate of drug-likeness (QED) is 0.162. The molecule has 10 aromatic rings. The third-order valence-electron chi connectivity index (χ3n) is 13.0. The Kier molecular flexibility index (Phi) is 7.95. The van der Waals surface area contributed by atoms with E-state index < -0.39 is 0 Å². The smallest absolute Gasteiger partial charge is 0.254 e. The van der Waals surface area contributed by atoms with Crippen molar-refractivity contribution in [2.75, 3.05) is 14.7 Å². The van der Waals surface area contributed by atoms with Crippen molar-refractivity contribution in [3.05, 3.63) is 199 Å². The van der Waals surface area contributed by atoms with Crippen molar-refractivity contribution in [1.29, 1.82) is 0 Å². The molecule has 5 heterocycles. The Hall–Kier alpha value is -7.44. The summed E-state index contributed by atoms with van der Waals surface area (Å²) in [5.41, 5.74) is 19.5. The van der Waals surface area contributed by atoms with Crippen molar-refractivity contribution >= 4 is 102 Å². The maximum atomic E-state index is 6.86. The van der Waals surface area contributed by atoms with Gasteiger partial charge in [0.1, 0.15) is 11.4 Å². The first-order valence-corrected chi connectivity index (χ1v) is 21.6. The molecule has 62 heavy (non-hydrogen) atoms. The topological polar surface area (TPSA) is 27.3 Å².